The quantitative estimate of drug-likeness (QED) is 0.522. The van der Waals surface area contributed by atoms with Crippen molar-refractivity contribution in [1.82, 2.24) is 9.55 Å². The van der Waals surface area contributed by atoms with Crippen LogP contribution < -0.4 is 0 Å². The van der Waals surface area contributed by atoms with E-state index in [2.05, 4.69) is 16.5 Å². The van der Waals surface area contributed by atoms with Gasteiger partial charge in [0.05, 0.1) is 25.0 Å². The number of nitrogens with zero attached hydrogens (tertiary/aromatic N) is 2. The smallest absolute Gasteiger partial charge is 0.330 e. The molecule has 0 N–H and O–H groups in total. The Morgan fingerprint density at radius 2 is 2.12 bits per heavy atom. The molecule has 0 aliphatic heterocycles. The fourth-order valence-electron chi connectivity index (χ4n) is 2.42. The van der Waals surface area contributed by atoms with Gasteiger partial charge in [-0.2, -0.15) is 0 Å². The maximum absolute atomic E-state index is 11.6. The standard InChI is InChI=1S/C19H23ClN2O2/c1-3-5-10-18-21-13-16(11-12-19(23)24-4-2)22(18)14-15-8-6-7-9-17(15)20/h6-9,11-13H,3-5,10,14H2,1-2H3. The third-order valence-corrected chi connectivity index (χ3v) is 4.05. The number of esters is 1. The van der Waals surface area contributed by atoms with E-state index >= 15 is 0 Å². The van der Waals surface area contributed by atoms with E-state index in [4.69, 9.17) is 16.3 Å². The lowest BCUT2D eigenvalue weighted by Gasteiger charge is -2.11. The highest BCUT2D eigenvalue weighted by molar-refractivity contribution is 6.31. The molecule has 0 spiro atoms. The number of halogens is 1. The van der Waals surface area contributed by atoms with Crippen molar-refractivity contribution in [3.63, 3.8) is 0 Å². The number of aryl methyl sites for hydroxylation is 1. The fourth-order valence-corrected chi connectivity index (χ4v) is 2.62. The molecule has 0 unspecified atom stereocenters. The number of rotatable bonds is 8. The Balaban J connectivity index is 2.29. The van der Waals surface area contributed by atoms with Crippen LogP contribution in [-0.2, 0) is 22.5 Å². The highest BCUT2D eigenvalue weighted by Crippen LogP contribution is 2.19. The van der Waals surface area contributed by atoms with Gasteiger partial charge in [0.2, 0.25) is 0 Å². The minimum atomic E-state index is -0.349. The third kappa shape index (κ3) is 4.96. The van der Waals surface area contributed by atoms with E-state index in [-0.39, 0.29) is 5.97 Å². The second kappa shape index (κ2) is 9.28. The number of ether oxygens (including phenoxy) is 1. The van der Waals surface area contributed by atoms with E-state index in [1.807, 2.05) is 24.3 Å². The number of carbonyl (C=O) groups excluding carboxylic acids is 1. The number of carbonyl (C=O) groups is 1. The molecule has 0 atom stereocenters. The average Bonchev–Trinajstić information content (AvgIpc) is 2.95. The summed E-state index contributed by atoms with van der Waals surface area (Å²) in [5, 5.41) is 0.730. The molecule has 128 valence electrons. The lowest BCUT2D eigenvalue weighted by molar-refractivity contribution is -0.137. The molecule has 2 aromatic rings. The second-order valence-corrected chi connectivity index (χ2v) is 5.87. The summed E-state index contributed by atoms with van der Waals surface area (Å²) in [4.78, 5) is 16.1. The summed E-state index contributed by atoms with van der Waals surface area (Å²) < 4.78 is 7.04. The molecule has 24 heavy (non-hydrogen) atoms. The van der Waals surface area contributed by atoms with Crippen molar-refractivity contribution >= 4 is 23.6 Å². The van der Waals surface area contributed by atoms with Gasteiger partial charge in [-0.05, 0) is 31.1 Å². The van der Waals surface area contributed by atoms with Crippen LogP contribution in [0.4, 0.5) is 0 Å². The molecular weight excluding hydrogens is 324 g/mol. The number of hydrogen-bond donors (Lipinski definition) is 0. The Hall–Kier alpha value is -2.07. The van der Waals surface area contributed by atoms with Crippen LogP contribution in [0, 0.1) is 0 Å². The Morgan fingerprint density at radius 1 is 1.33 bits per heavy atom. The minimum Gasteiger partial charge on any atom is -0.463 e. The molecule has 0 fully saturated rings. The summed E-state index contributed by atoms with van der Waals surface area (Å²) in [5.74, 6) is 0.651. The van der Waals surface area contributed by atoms with Gasteiger partial charge in [-0.25, -0.2) is 9.78 Å². The third-order valence-electron chi connectivity index (χ3n) is 3.69. The van der Waals surface area contributed by atoms with Crippen molar-refractivity contribution in [1.29, 1.82) is 0 Å². The van der Waals surface area contributed by atoms with Crippen molar-refractivity contribution < 1.29 is 9.53 Å². The average molecular weight is 347 g/mol. The summed E-state index contributed by atoms with van der Waals surface area (Å²) in [5.41, 5.74) is 1.90. The Morgan fingerprint density at radius 3 is 2.83 bits per heavy atom. The second-order valence-electron chi connectivity index (χ2n) is 5.47. The maximum Gasteiger partial charge on any atom is 0.330 e. The molecule has 0 saturated heterocycles. The summed E-state index contributed by atoms with van der Waals surface area (Å²) in [6.07, 6.45) is 8.05. The van der Waals surface area contributed by atoms with Crippen LogP contribution in [0.25, 0.3) is 6.08 Å². The highest BCUT2D eigenvalue weighted by Gasteiger charge is 2.10. The Labute approximate surface area is 148 Å². The molecule has 4 nitrogen and oxygen atoms in total. The molecule has 0 saturated carbocycles. The first-order chi connectivity index (χ1) is 11.7. The number of unbranched alkanes of at least 4 members (excludes halogenated alkanes) is 1. The maximum atomic E-state index is 11.6. The normalized spacial score (nSPS) is 11.1. The predicted octanol–water partition coefficient (Wildman–Crippen LogP) is 4.50. The molecule has 0 aliphatic carbocycles. The first-order valence-corrected chi connectivity index (χ1v) is 8.66. The van der Waals surface area contributed by atoms with E-state index in [1.165, 1.54) is 6.08 Å². The van der Waals surface area contributed by atoms with E-state index in [1.54, 1.807) is 19.2 Å². The topological polar surface area (TPSA) is 44.1 Å². The lowest BCUT2D eigenvalue weighted by Crippen LogP contribution is -2.08. The summed E-state index contributed by atoms with van der Waals surface area (Å²) >= 11 is 6.29. The largest absolute Gasteiger partial charge is 0.463 e. The van der Waals surface area contributed by atoms with Gasteiger partial charge in [-0.3, -0.25) is 0 Å². The minimum absolute atomic E-state index is 0.349. The van der Waals surface area contributed by atoms with Gasteiger partial charge in [0.1, 0.15) is 5.82 Å². The summed E-state index contributed by atoms with van der Waals surface area (Å²) in [6.45, 7) is 4.93. The van der Waals surface area contributed by atoms with Gasteiger partial charge < -0.3 is 9.30 Å². The molecule has 0 radical (unpaired) electrons. The van der Waals surface area contributed by atoms with Crippen LogP contribution in [0.5, 0.6) is 0 Å². The molecular formula is C19H23ClN2O2. The van der Waals surface area contributed by atoms with Crippen LogP contribution in [-0.4, -0.2) is 22.1 Å². The van der Waals surface area contributed by atoms with E-state index in [9.17, 15) is 4.79 Å². The summed E-state index contributed by atoms with van der Waals surface area (Å²) in [6, 6.07) is 7.77. The molecule has 1 aromatic carbocycles. The molecule has 1 heterocycles. The van der Waals surface area contributed by atoms with Crippen LogP contribution in [0.3, 0.4) is 0 Å². The van der Waals surface area contributed by atoms with Crippen LogP contribution in [0.2, 0.25) is 5.02 Å². The number of imidazole rings is 1. The summed E-state index contributed by atoms with van der Waals surface area (Å²) in [7, 11) is 0. The number of benzene rings is 1. The molecule has 0 bridgehead atoms. The Kier molecular flexibility index (Phi) is 7.07. The van der Waals surface area contributed by atoms with Crippen molar-refractivity contribution in [2.45, 2.75) is 39.7 Å². The van der Waals surface area contributed by atoms with Gasteiger partial charge in [0, 0.05) is 17.5 Å². The fraction of sp³-hybridized carbons (Fsp3) is 0.368. The first kappa shape index (κ1) is 18.3. The molecule has 2 rings (SSSR count). The van der Waals surface area contributed by atoms with Crippen LogP contribution in [0.15, 0.2) is 36.5 Å². The molecule has 5 heteroatoms. The number of aromatic nitrogens is 2. The van der Waals surface area contributed by atoms with Crippen molar-refractivity contribution in [2.24, 2.45) is 0 Å². The van der Waals surface area contributed by atoms with E-state index in [0.29, 0.717) is 13.2 Å². The van der Waals surface area contributed by atoms with Gasteiger partial charge >= 0.3 is 5.97 Å². The molecule has 1 aromatic heterocycles. The van der Waals surface area contributed by atoms with E-state index < -0.39 is 0 Å². The van der Waals surface area contributed by atoms with Crippen molar-refractivity contribution in [3.05, 3.63) is 58.6 Å². The Bertz CT molecular complexity index is 707. The van der Waals surface area contributed by atoms with Gasteiger partial charge in [-0.15, -0.1) is 0 Å². The zero-order chi connectivity index (χ0) is 17.4. The first-order valence-electron chi connectivity index (χ1n) is 8.28. The van der Waals surface area contributed by atoms with Crippen LogP contribution >= 0.6 is 11.6 Å². The predicted molar refractivity (Wildman–Crippen MR) is 97.1 cm³/mol. The van der Waals surface area contributed by atoms with Gasteiger partial charge in [0.15, 0.2) is 0 Å². The van der Waals surface area contributed by atoms with Crippen LogP contribution in [0.1, 0.15) is 43.8 Å². The monoisotopic (exact) mass is 346 g/mol. The molecule has 0 aliphatic rings. The number of hydrogen-bond acceptors (Lipinski definition) is 3. The van der Waals surface area contributed by atoms with Crippen molar-refractivity contribution in [3.8, 4) is 0 Å². The highest BCUT2D eigenvalue weighted by atomic mass is 35.5. The SMILES string of the molecule is CCCCc1ncc(C=CC(=O)OCC)n1Cc1ccccc1Cl. The lowest BCUT2D eigenvalue weighted by atomic mass is 10.2. The van der Waals surface area contributed by atoms with Gasteiger partial charge in [0.25, 0.3) is 0 Å². The zero-order valence-corrected chi connectivity index (χ0v) is 14.9. The zero-order valence-electron chi connectivity index (χ0n) is 14.2. The van der Waals surface area contributed by atoms with E-state index in [0.717, 1.165) is 41.4 Å². The molecule has 0 amide bonds. The van der Waals surface area contributed by atoms with Crippen molar-refractivity contribution in [2.75, 3.05) is 6.61 Å². The van der Waals surface area contributed by atoms with Gasteiger partial charge in [-0.1, -0.05) is 43.1 Å².